The number of aryl methyl sites for hydroxylation is 1. The van der Waals surface area contributed by atoms with Gasteiger partial charge >= 0.3 is 0 Å². The van der Waals surface area contributed by atoms with E-state index in [-0.39, 0.29) is 5.91 Å². The van der Waals surface area contributed by atoms with Gasteiger partial charge in [-0.25, -0.2) is 9.97 Å². The number of amides is 1. The van der Waals surface area contributed by atoms with Crippen LogP contribution in [0, 0.1) is 6.92 Å². The van der Waals surface area contributed by atoms with Crippen molar-refractivity contribution >= 4 is 17.5 Å². The SMILES string of the molecule is CCC1CCCCN1C(=O)c1cnc(Nc2ccccc2C)nc1. The van der Waals surface area contributed by atoms with Crippen LogP contribution in [-0.2, 0) is 0 Å². The molecule has 0 bridgehead atoms. The highest BCUT2D eigenvalue weighted by atomic mass is 16.2. The molecular formula is C19H24N4O. The molecular weight excluding hydrogens is 300 g/mol. The first-order chi connectivity index (χ1) is 11.7. The Balaban J connectivity index is 1.72. The summed E-state index contributed by atoms with van der Waals surface area (Å²) in [5.74, 6) is 0.551. The number of likely N-dealkylation sites (tertiary alicyclic amines) is 1. The Morgan fingerprint density at radius 1 is 1.25 bits per heavy atom. The van der Waals surface area contributed by atoms with Crippen molar-refractivity contribution in [3.05, 3.63) is 47.8 Å². The summed E-state index contributed by atoms with van der Waals surface area (Å²) in [5, 5.41) is 3.19. The number of rotatable bonds is 4. The van der Waals surface area contributed by atoms with E-state index < -0.39 is 0 Å². The maximum atomic E-state index is 12.7. The van der Waals surface area contributed by atoms with Crippen molar-refractivity contribution < 1.29 is 4.79 Å². The van der Waals surface area contributed by atoms with Gasteiger partial charge in [0.25, 0.3) is 5.91 Å². The van der Waals surface area contributed by atoms with E-state index in [0.717, 1.165) is 37.1 Å². The monoisotopic (exact) mass is 324 g/mol. The van der Waals surface area contributed by atoms with E-state index in [2.05, 4.69) is 22.2 Å². The molecule has 1 aromatic carbocycles. The molecule has 1 aromatic heterocycles. The molecule has 5 nitrogen and oxygen atoms in total. The van der Waals surface area contributed by atoms with E-state index in [1.807, 2.05) is 36.1 Å². The number of nitrogens with zero attached hydrogens (tertiary/aromatic N) is 3. The van der Waals surface area contributed by atoms with E-state index in [1.165, 1.54) is 6.42 Å². The molecule has 0 aliphatic carbocycles. The van der Waals surface area contributed by atoms with Crippen LogP contribution in [0.25, 0.3) is 0 Å². The zero-order chi connectivity index (χ0) is 16.9. The van der Waals surface area contributed by atoms with Crippen LogP contribution in [-0.4, -0.2) is 33.4 Å². The van der Waals surface area contributed by atoms with Gasteiger partial charge in [-0.05, 0) is 44.2 Å². The first kappa shape index (κ1) is 16.4. The Morgan fingerprint density at radius 2 is 2.00 bits per heavy atom. The van der Waals surface area contributed by atoms with Crippen molar-refractivity contribution in [2.45, 2.75) is 45.6 Å². The molecule has 5 heteroatoms. The van der Waals surface area contributed by atoms with Gasteiger partial charge < -0.3 is 10.2 Å². The predicted molar refractivity (Wildman–Crippen MR) is 95.5 cm³/mol. The number of hydrogen-bond donors (Lipinski definition) is 1. The van der Waals surface area contributed by atoms with Crippen LogP contribution in [0.15, 0.2) is 36.7 Å². The second-order valence-corrected chi connectivity index (χ2v) is 6.29. The largest absolute Gasteiger partial charge is 0.336 e. The predicted octanol–water partition coefficient (Wildman–Crippen LogP) is 3.93. The first-order valence-corrected chi connectivity index (χ1v) is 8.64. The summed E-state index contributed by atoms with van der Waals surface area (Å²) in [6, 6.07) is 8.31. The van der Waals surface area contributed by atoms with Crippen molar-refractivity contribution in [3.63, 3.8) is 0 Å². The Bertz CT molecular complexity index is 699. The fraction of sp³-hybridized carbons (Fsp3) is 0.421. The van der Waals surface area contributed by atoms with Crippen LogP contribution in [0.1, 0.15) is 48.5 Å². The maximum Gasteiger partial charge on any atom is 0.257 e. The molecule has 1 saturated heterocycles. The summed E-state index contributed by atoms with van der Waals surface area (Å²) < 4.78 is 0. The van der Waals surface area contributed by atoms with E-state index in [1.54, 1.807) is 12.4 Å². The summed E-state index contributed by atoms with van der Waals surface area (Å²) >= 11 is 0. The highest BCUT2D eigenvalue weighted by Crippen LogP contribution is 2.22. The molecule has 1 aliphatic rings. The number of benzene rings is 1. The van der Waals surface area contributed by atoms with E-state index in [4.69, 9.17) is 0 Å². The average Bonchev–Trinajstić information content (AvgIpc) is 2.63. The Labute approximate surface area is 143 Å². The van der Waals surface area contributed by atoms with Crippen LogP contribution in [0.5, 0.6) is 0 Å². The molecule has 126 valence electrons. The normalized spacial score (nSPS) is 17.6. The fourth-order valence-electron chi connectivity index (χ4n) is 3.19. The molecule has 1 aliphatic heterocycles. The lowest BCUT2D eigenvalue weighted by Gasteiger charge is -2.35. The second-order valence-electron chi connectivity index (χ2n) is 6.29. The molecule has 0 radical (unpaired) electrons. The zero-order valence-electron chi connectivity index (χ0n) is 14.3. The minimum absolute atomic E-state index is 0.0454. The van der Waals surface area contributed by atoms with Crippen LogP contribution in [0.2, 0.25) is 0 Å². The summed E-state index contributed by atoms with van der Waals surface area (Å²) in [6.07, 6.45) is 7.62. The van der Waals surface area contributed by atoms with E-state index in [9.17, 15) is 4.79 Å². The van der Waals surface area contributed by atoms with Crippen LogP contribution in [0.4, 0.5) is 11.6 Å². The lowest BCUT2D eigenvalue weighted by molar-refractivity contribution is 0.0607. The molecule has 1 amide bonds. The summed E-state index contributed by atoms with van der Waals surface area (Å²) in [5.41, 5.74) is 2.66. The minimum atomic E-state index is 0.0454. The number of aromatic nitrogens is 2. The summed E-state index contributed by atoms with van der Waals surface area (Å²) in [4.78, 5) is 23.3. The van der Waals surface area contributed by atoms with Crippen molar-refractivity contribution in [2.75, 3.05) is 11.9 Å². The van der Waals surface area contributed by atoms with Crippen LogP contribution in [0.3, 0.4) is 0 Å². The number of nitrogens with one attached hydrogen (secondary N) is 1. The molecule has 24 heavy (non-hydrogen) atoms. The number of carbonyl (C=O) groups excluding carboxylic acids is 1. The van der Waals surface area contributed by atoms with Gasteiger partial charge in [0.1, 0.15) is 0 Å². The third kappa shape index (κ3) is 3.55. The maximum absolute atomic E-state index is 12.7. The number of para-hydroxylation sites is 1. The lowest BCUT2D eigenvalue weighted by atomic mass is 9.99. The molecule has 1 atom stereocenters. The molecule has 2 aromatic rings. The molecule has 1 fully saturated rings. The molecule has 0 saturated carbocycles. The second kappa shape index (κ2) is 7.43. The molecule has 0 spiro atoms. The number of anilines is 2. The van der Waals surface area contributed by atoms with Crippen molar-refractivity contribution in [2.24, 2.45) is 0 Å². The molecule has 1 unspecified atom stereocenters. The van der Waals surface area contributed by atoms with Gasteiger partial charge in [-0.2, -0.15) is 0 Å². The number of hydrogen-bond acceptors (Lipinski definition) is 4. The van der Waals surface area contributed by atoms with Gasteiger partial charge in [0.05, 0.1) is 5.56 Å². The van der Waals surface area contributed by atoms with Crippen LogP contribution < -0.4 is 5.32 Å². The average molecular weight is 324 g/mol. The third-order valence-corrected chi connectivity index (χ3v) is 4.65. The van der Waals surface area contributed by atoms with Gasteiger partial charge in [-0.3, -0.25) is 4.79 Å². The topological polar surface area (TPSA) is 58.1 Å². The van der Waals surface area contributed by atoms with Gasteiger partial charge in [-0.1, -0.05) is 25.1 Å². The van der Waals surface area contributed by atoms with Crippen LogP contribution >= 0.6 is 0 Å². The van der Waals surface area contributed by atoms with Gasteiger partial charge in [0.15, 0.2) is 0 Å². The molecule has 3 rings (SSSR count). The smallest absolute Gasteiger partial charge is 0.257 e. The first-order valence-electron chi connectivity index (χ1n) is 8.64. The van der Waals surface area contributed by atoms with Crippen molar-refractivity contribution in [1.82, 2.24) is 14.9 Å². The Kier molecular flexibility index (Phi) is 5.08. The summed E-state index contributed by atoms with van der Waals surface area (Å²) in [7, 11) is 0. The zero-order valence-corrected chi connectivity index (χ0v) is 14.3. The lowest BCUT2D eigenvalue weighted by Crippen LogP contribution is -2.43. The quantitative estimate of drug-likeness (QED) is 0.925. The van der Waals surface area contributed by atoms with Gasteiger partial charge in [0.2, 0.25) is 5.95 Å². The third-order valence-electron chi connectivity index (χ3n) is 4.65. The highest BCUT2D eigenvalue weighted by molar-refractivity contribution is 5.94. The Morgan fingerprint density at radius 3 is 2.71 bits per heavy atom. The van der Waals surface area contributed by atoms with Gasteiger partial charge in [0, 0.05) is 30.7 Å². The number of piperidine rings is 1. The molecule has 2 heterocycles. The van der Waals surface area contributed by atoms with Crippen molar-refractivity contribution in [3.8, 4) is 0 Å². The minimum Gasteiger partial charge on any atom is -0.336 e. The molecule has 1 N–H and O–H groups in total. The van der Waals surface area contributed by atoms with E-state index in [0.29, 0.717) is 17.6 Å². The number of carbonyl (C=O) groups is 1. The van der Waals surface area contributed by atoms with E-state index >= 15 is 0 Å². The van der Waals surface area contributed by atoms with Gasteiger partial charge in [-0.15, -0.1) is 0 Å². The standard InChI is InChI=1S/C19H24N4O/c1-3-16-9-6-7-11-23(16)18(24)15-12-20-19(21-13-15)22-17-10-5-4-8-14(17)2/h4-5,8,10,12-13,16H,3,6-7,9,11H2,1-2H3,(H,20,21,22). The fourth-order valence-corrected chi connectivity index (χ4v) is 3.19. The highest BCUT2D eigenvalue weighted by Gasteiger charge is 2.26. The van der Waals surface area contributed by atoms with Crippen molar-refractivity contribution in [1.29, 1.82) is 0 Å². The Hall–Kier alpha value is -2.43. The summed E-state index contributed by atoms with van der Waals surface area (Å²) in [6.45, 7) is 5.00.